The van der Waals surface area contributed by atoms with Gasteiger partial charge in [-0.3, -0.25) is 4.79 Å². The molecule has 25 heavy (non-hydrogen) atoms. The summed E-state index contributed by atoms with van der Waals surface area (Å²) in [6.45, 7) is 0.218. The van der Waals surface area contributed by atoms with E-state index in [1.807, 2.05) is 18.2 Å². The number of hydrogen-bond donors (Lipinski definition) is 1. The van der Waals surface area contributed by atoms with Gasteiger partial charge in [0.05, 0.1) is 11.6 Å². The topological polar surface area (TPSA) is 77.8 Å². The average Bonchev–Trinajstić information content (AvgIpc) is 3.08. The number of carbonyl (C=O) groups is 1. The smallest absolute Gasteiger partial charge is 0.336 e. The van der Waals surface area contributed by atoms with Crippen molar-refractivity contribution in [2.75, 3.05) is 12.1 Å². The lowest BCUT2D eigenvalue weighted by atomic mass is 9.90. The number of hydrogen-bond acceptors (Lipinski definition) is 6. The van der Waals surface area contributed by atoms with Crippen molar-refractivity contribution in [3.8, 4) is 11.5 Å². The Morgan fingerprint density at radius 1 is 0.960 bits per heavy atom. The molecule has 0 saturated carbocycles. The summed E-state index contributed by atoms with van der Waals surface area (Å²) in [5.41, 5.74) is 2.26. The lowest BCUT2D eigenvalue weighted by Crippen LogP contribution is -2.23. The number of nitrogens with one attached hydrogen (secondary N) is 1. The van der Waals surface area contributed by atoms with E-state index in [1.54, 1.807) is 18.2 Å². The number of carbonyl (C=O) groups excluding carboxylic acids is 1. The fourth-order valence-corrected chi connectivity index (χ4v) is 3.43. The molecule has 0 bridgehead atoms. The van der Waals surface area contributed by atoms with Gasteiger partial charge in [0.15, 0.2) is 17.3 Å². The van der Waals surface area contributed by atoms with Crippen LogP contribution in [0.5, 0.6) is 11.5 Å². The Morgan fingerprint density at radius 3 is 2.76 bits per heavy atom. The molecular formula is C19H13NO5. The molecule has 0 spiro atoms. The molecule has 1 N–H and O–H groups in total. The zero-order valence-electron chi connectivity index (χ0n) is 13.1. The van der Waals surface area contributed by atoms with Crippen LogP contribution in [0.1, 0.15) is 28.4 Å². The average molecular weight is 335 g/mol. The second-order valence-electron chi connectivity index (χ2n) is 6.09. The number of anilines is 1. The molecule has 1 unspecified atom stereocenters. The van der Waals surface area contributed by atoms with Crippen molar-refractivity contribution in [2.45, 2.75) is 12.5 Å². The highest BCUT2D eigenvalue weighted by Gasteiger charge is 2.28. The quantitative estimate of drug-likeness (QED) is 0.688. The van der Waals surface area contributed by atoms with Crippen molar-refractivity contribution in [3.63, 3.8) is 0 Å². The number of rotatable bonds is 1. The molecule has 3 heterocycles. The van der Waals surface area contributed by atoms with Crippen molar-refractivity contribution in [1.29, 1.82) is 0 Å². The maximum atomic E-state index is 12.8. The summed E-state index contributed by atoms with van der Waals surface area (Å²) in [6, 6.07) is 12.0. The Kier molecular flexibility index (Phi) is 2.88. The van der Waals surface area contributed by atoms with E-state index >= 15 is 0 Å². The summed E-state index contributed by atoms with van der Waals surface area (Å²) in [5.74, 6) is 1.42. The van der Waals surface area contributed by atoms with Crippen LogP contribution in [-0.4, -0.2) is 12.6 Å². The van der Waals surface area contributed by atoms with Crippen molar-refractivity contribution in [3.05, 3.63) is 64.0 Å². The summed E-state index contributed by atoms with van der Waals surface area (Å²) >= 11 is 0. The van der Waals surface area contributed by atoms with Gasteiger partial charge in [0.2, 0.25) is 6.79 Å². The van der Waals surface area contributed by atoms with Crippen LogP contribution in [0.25, 0.3) is 11.0 Å². The molecule has 5 rings (SSSR count). The Hall–Kier alpha value is -3.28. The van der Waals surface area contributed by atoms with Crippen molar-refractivity contribution < 1.29 is 18.7 Å². The van der Waals surface area contributed by atoms with Gasteiger partial charge >= 0.3 is 5.63 Å². The predicted molar refractivity (Wildman–Crippen MR) is 90.4 cm³/mol. The first-order valence-corrected chi connectivity index (χ1v) is 7.95. The third-order valence-electron chi connectivity index (χ3n) is 4.60. The van der Waals surface area contributed by atoms with E-state index in [-0.39, 0.29) is 18.6 Å². The van der Waals surface area contributed by atoms with E-state index in [4.69, 9.17) is 13.9 Å². The summed E-state index contributed by atoms with van der Waals surface area (Å²) in [5, 5.41) is 4.06. The Bertz CT molecular complexity index is 1080. The first kappa shape index (κ1) is 14.1. The molecule has 0 radical (unpaired) electrons. The molecule has 0 amide bonds. The van der Waals surface area contributed by atoms with Gasteiger partial charge in [0.1, 0.15) is 5.58 Å². The molecule has 1 atom stereocenters. The highest BCUT2D eigenvalue weighted by Crippen LogP contribution is 2.39. The van der Waals surface area contributed by atoms with E-state index in [9.17, 15) is 9.59 Å². The van der Waals surface area contributed by atoms with Gasteiger partial charge < -0.3 is 19.2 Å². The van der Waals surface area contributed by atoms with Gasteiger partial charge in [0, 0.05) is 23.6 Å². The minimum atomic E-state index is -0.429. The van der Waals surface area contributed by atoms with Crippen molar-refractivity contribution in [2.24, 2.45) is 0 Å². The molecular weight excluding hydrogens is 322 g/mol. The monoisotopic (exact) mass is 335 g/mol. The van der Waals surface area contributed by atoms with E-state index in [2.05, 4.69) is 5.32 Å². The minimum Gasteiger partial charge on any atom is -0.454 e. The first-order valence-electron chi connectivity index (χ1n) is 7.95. The zero-order chi connectivity index (χ0) is 17.0. The lowest BCUT2D eigenvalue weighted by molar-refractivity contribution is 0.0973. The molecule has 1 aromatic heterocycles. The number of ether oxygens (including phenoxy) is 2. The number of ketones is 1. The maximum Gasteiger partial charge on any atom is 0.336 e. The van der Waals surface area contributed by atoms with Crippen LogP contribution in [-0.2, 0) is 0 Å². The summed E-state index contributed by atoms with van der Waals surface area (Å²) in [7, 11) is 0. The van der Waals surface area contributed by atoms with Crippen LogP contribution in [0.4, 0.5) is 5.69 Å². The minimum absolute atomic E-state index is 0.0101. The molecule has 6 nitrogen and oxygen atoms in total. The second-order valence-corrected chi connectivity index (χ2v) is 6.09. The highest BCUT2D eigenvalue weighted by molar-refractivity contribution is 6.13. The van der Waals surface area contributed by atoms with E-state index in [0.29, 0.717) is 34.5 Å². The molecule has 2 aliphatic rings. The summed E-state index contributed by atoms with van der Waals surface area (Å²) < 4.78 is 15.9. The number of Topliss-reactive ketones (excluding diaryl/α,β-unsaturated/α-hetero) is 1. The van der Waals surface area contributed by atoms with Crippen LogP contribution in [0, 0.1) is 0 Å². The third-order valence-corrected chi connectivity index (χ3v) is 4.60. The molecule has 6 heteroatoms. The van der Waals surface area contributed by atoms with E-state index < -0.39 is 5.63 Å². The van der Waals surface area contributed by atoms with Gasteiger partial charge in [-0.05, 0) is 35.9 Å². The fourth-order valence-electron chi connectivity index (χ4n) is 3.43. The maximum absolute atomic E-state index is 12.8. The third kappa shape index (κ3) is 2.18. The van der Waals surface area contributed by atoms with Gasteiger partial charge in [-0.15, -0.1) is 0 Å². The molecule has 0 saturated heterocycles. The van der Waals surface area contributed by atoms with Crippen LogP contribution >= 0.6 is 0 Å². The Labute approximate surface area is 142 Å². The molecule has 124 valence electrons. The molecule has 3 aromatic rings. The van der Waals surface area contributed by atoms with Crippen LogP contribution in [0.3, 0.4) is 0 Å². The molecule has 2 aliphatic heterocycles. The van der Waals surface area contributed by atoms with Crippen LogP contribution < -0.4 is 20.4 Å². The molecule has 2 aromatic carbocycles. The van der Waals surface area contributed by atoms with Crippen LogP contribution in [0.15, 0.2) is 51.7 Å². The summed E-state index contributed by atoms with van der Waals surface area (Å²) in [4.78, 5) is 24.2. The van der Waals surface area contributed by atoms with Gasteiger partial charge in [-0.25, -0.2) is 4.79 Å². The molecule has 0 aliphatic carbocycles. The zero-order valence-corrected chi connectivity index (χ0v) is 13.1. The normalized spacial score (nSPS) is 18.1. The SMILES string of the molecule is O=C1CC(c2ccc3c(c2)OCO3)Nc2ccc3oc(=O)ccc3c21. The molecule has 0 fully saturated rings. The number of benzene rings is 2. The van der Waals surface area contributed by atoms with Crippen LogP contribution in [0.2, 0.25) is 0 Å². The Balaban J connectivity index is 1.58. The van der Waals surface area contributed by atoms with Gasteiger partial charge in [-0.2, -0.15) is 0 Å². The standard InChI is InChI=1S/C19H13NO5/c21-14-8-13(10-1-4-16-17(7-10)24-9-23-16)20-12-3-5-15-11(19(12)14)2-6-18(22)25-15/h1-7,13,20H,8-9H2. The van der Waals surface area contributed by atoms with Gasteiger partial charge in [-0.1, -0.05) is 6.07 Å². The Morgan fingerprint density at radius 2 is 1.84 bits per heavy atom. The largest absolute Gasteiger partial charge is 0.454 e. The highest BCUT2D eigenvalue weighted by atomic mass is 16.7. The van der Waals surface area contributed by atoms with Crippen molar-refractivity contribution in [1.82, 2.24) is 0 Å². The first-order chi connectivity index (χ1) is 12.2. The van der Waals surface area contributed by atoms with E-state index in [0.717, 1.165) is 11.3 Å². The van der Waals surface area contributed by atoms with E-state index in [1.165, 1.54) is 6.07 Å². The second kappa shape index (κ2) is 5.11. The van der Waals surface area contributed by atoms with Crippen molar-refractivity contribution >= 4 is 22.4 Å². The van der Waals surface area contributed by atoms with Gasteiger partial charge in [0.25, 0.3) is 0 Å². The summed E-state index contributed by atoms with van der Waals surface area (Å²) in [6.07, 6.45) is 0.310. The predicted octanol–water partition coefficient (Wildman–Crippen LogP) is 3.26. The lowest BCUT2D eigenvalue weighted by Gasteiger charge is -2.27. The number of fused-ring (bicyclic) bond motifs is 4. The fraction of sp³-hybridized carbons (Fsp3) is 0.158.